The van der Waals surface area contributed by atoms with Crippen LogP contribution in [-0.2, 0) is 9.59 Å². The topological polar surface area (TPSA) is 107 Å². The zero-order chi connectivity index (χ0) is 12.8. The summed E-state index contributed by atoms with van der Waals surface area (Å²) in [6.45, 7) is 2.16. The van der Waals surface area contributed by atoms with Gasteiger partial charge in [0.2, 0.25) is 5.91 Å². The van der Waals surface area contributed by atoms with Crippen molar-refractivity contribution >= 4 is 11.9 Å². The molecule has 0 spiro atoms. The molecule has 1 amide bonds. The number of carboxylic acid groups (broad SMARTS) is 1. The predicted octanol–water partition coefficient (Wildman–Crippen LogP) is -0.733. The molecule has 0 aliphatic rings. The molecular weight excluding hydrogens is 214 g/mol. The van der Waals surface area contributed by atoms with Crippen LogP contribution in [0.4, 0.5) is 0 Å². The average Bonchev–Trinajstić information content (AvgIpc) is 2.26. The first-order valence-electron chi connectivity index (χ1n) is 4.86. The Kier molecular flexibility index (Phi) is 5.69. The quantitative estimate of drug-likeness (QED) is 0.451. The maximum atomic E-state index is 11.4. The molecule has 4 N–H and O–H groups in total. The predicted molar refractivity (Wildman–Crippen MR) is 56.7 cm³/mol. The van der Waals surface area contributed by atoms with Gasteiger partial charge in [-0.15, -0.1) is 0 Å². The van der Waals surface area contributed by atoms with Crippen molar-refractivity contribution in [3.63, 3.8) is 0 Å². The van der Waals surface area contributed by atoms with Crippen LogP contribution < -0.4 is 5.32 Å². The lowest BCUT2D eigenvalue weighted by Gasteiger charge is -2.29. The maximum absolute atomic E-state index is 11.4. The van der Waals surface area contributed by atoms with Crippen LogP contribution in [0.15, 0.2) is 11.6 Å². The molecule has 0 unspecified atom stereocenters. The van der Waals surface area contributed by atoms with Crippen LogP contribution in [0, 0.1) is 0 Å². The highest BCUT2D eigenvalue weighted by Crippen LogP contribution is 2.08. The Morgan fingerprint density at radius 3 is 2.12 bits per heavy atom. The minimum absolute atomic E-state index is 0.113. The fourth-order valence-corrected chi connectivity index (χ4v) is 0.997. The second-order valence-electron chi connectivity index (χ2n) is 3.57. The van der Waals surface area contributed by atoms with E-state index < -0.39 is 30.6 Å². The molecule has 6 nitrogen and oxygen atoms in total. The zero-order valence-corrected chi connectivity index (χ0v) is 9.36. The summed E-state index contributed by atoms with van der Waals surface area (Å²) in [5, 5.41) is 29.1. The molecule has 16 heavy (non-hydrogen) atoms. The summed E-state index contributed by atoms with van der Waals surface area (Å²) >= 11 is 0. The third kappa shape index (κ3) is 4.00. The first-order chi connectivity index (χ1) is 7.40. The van der Waals surface area contributed by atoms with Crippen molar-refractivity contribution in [2.75, 3.05) is 13.2 Å². The van der Waals surface area contributed by atoms with Gasteiger partial charge in [-0.3, -0.25) is 4.79 Å². The van der Waals surface area contributed by atoms with Gasteiger partial charge in [-0.2, -0.15) is 0 Å². The molecule has 0 bridgehead atoms. The third-order valence-corrected chi connectivity index (χ3v) is 2.36. The van der Waals surface area contributed by atoms with Crippen molar-refractivity contribution in [2.45, 2.75) is 25.8 Å². The molecule has 0 atom stereocenters. The van der Waals surface area contributed by atoms with E-state index in [2.05, 4.69) is 5.32 Å². The average molecular weight is 231 g/mol. The van der Waals surface area contributed by atoms with Crippen LogP contribution in [0.2, 0.25) is 0 Å². The number of hydrogen-bond acceptors (Lipinski definition) is 4. The summed E-state index contributed by atoms with van der Waals surface area (Å²) in [5.41, 5.74) is -1.22. The Hall–Kier alpha value is -1.40. The molecule has 0 fully saturated rings. The first-order valence-corrected chi connectivity index (χ1v) is 4.86. The van der Waals surface area contributed by atoms with Crippen molar-refractivity contribution in [1.82, 2.24) is 5.32 Å². The molecule has 0 heterocycles. The second kappa shape index (κ2) is 6.24. The molecular formula is C10H17NO5. The highest BCUT2D eigenvalue weighted by Gasteiger charge is 2.27. The molecule has 0 aliphatic heterocycles. The van der Waals surface area contributed by atoms with Crippen LogP contribution in [0.1, 0.15) is 20.3 Å². The Bertz CT molecular complexity index is 285. The van der Waals surface area contributed by atoms with Crippen LogP contribution in [0.5, 0.6) is 0 Å². The Morgan fingerprint density at radius 2 is 1.81 bits per heavy atom. The number of carboxylic acids is 1. The molecule has 0 aromatic carbocycles. The van der Waals surface area contributed by atoms with Crippen molar-refractivity contribution in [3.05, 3.63) is 11.6 Å². The Labute approximate surface area is 93.6 Å². The number of rotatable bonds is 6. The lowest BCUT2D eigenvalue weighted by Crippen LogP contribution is -2.53. The fourth-order valence-electron chi connectivity index (χ4n) is 0.997. The summed E-state index contributed by atoms with van der Waals surface area (Å²) in [6.07, 6.45) is 1.25. The van der Waals surface area contributed by atoms with Gasteiger partial charge in [0.05, 0.1) is 18.8 Å². The molecule has 0 aliphatic carbocycles. The molecule has 0 aromatic rings. The number of carbonyl (C=O) groups is 2. The Balaban J connectivity index is 4.66. The molecule has 0 radical (unpaired) electrons. The van der Waals surface area contributed by atoms with Gasteiger partial charge in [-0.1, -0.05) is 6.92 Å². The van der Waals surface area contributed by atoms with Crippen molar-refractivity contribution in [1.29, 1.82) is 0 Å². The second-order valence-corrected chi connectivity index (χ2v) is 3.57. The first kappa shape index (κ1) is 14.6. The standard InChI is InChI=1S/C10H17NO5/c1-3-10(5-12,6-13)11-8(14)4-7(2)9(15)16/h4,12-13H,3,5-6H2,1-2H3,(H,11,14)(H,15,16)/b7-4-. The van der Waals surface area contributed by atoms with Gasteiger partial charge >= 0.3 is 5.97 Å². The molecule has 0 aromatic heterocycles. The third-order valence-electron chi connectivity index (χ3n) is 2.36. The summed E-state index contributed by atoms with van der Waals surface area (Å²) in [6, 6.07) is 0. The van der Waals surface area contributed by atoms with Crippen LogP contribution in [0.25, 0.3) is 0 Å². The molecule has 0 saturated carbocycles. The normalized spacial score (nSPS) is 12.4. The van der Waals surface area contributed by atoms with E-state index in [4.69, 9.17) is 15.3 Å². The van der Waals surface area contributed by atoms with E-state index in [0.29, 0.717) is 6.42 Å². The van der Waals surface area contributed by atoms with E-state index in [1.54, 1.807) is 6.92 Å². The molecule has 92 valence electrons. The van der Waals surface area contributed by atoms with Gasteiger partial charge in [-0.25, -0.2) is 4.79 Å². The molecule has 6 heteroatoms. The number of aliphatic hydroxyl groups excluding tert-OH is 2. The summed E-state index contributed by atoms with van der Waals surface area (Å²) in [4.78, 5) is 21.8. The summed E-state index contributed by atoms with van der Waals surface area (Å²) in [5.74, 6) is -1.84. The van der Waals surface area contributed by atoms with Gasteiger partial charge < -0.3 is 20.6 Å². The van der Waals surface area contributed by atoms with Gasteiger partial charge in [0.1, 0.15) is 0 Å². The lowest BCUT2D eigenvalue weighted by molar-refractivity contribution is -0.133. The SMILES string of the molecule is CCC(CO)(CO)NC(=O)/C=C(/C)C(=O)O. The van der Waals surface area contributed by atoms with Crippen molar-refractivity contribution in [3.8, 4) is 0 Å². The largest absolute Gasteiger partial charge is 0.478 e. The van der Waals surface area contributed by atoms with Gasteiger partial charge in [0, 0.05) is 11.6 Å². The molecule has 0 saturated heterocycles. The number of amides is 1. The van der Waals surface area contributed by atoms with Crippen molar-refractivity contribution < 1.29 is 24.9 Å². The van der Waals surface area contributed by atoms with E-state index in [9.17, 15) is 9.59 Å². The lowest BCUT2D eigenvalue weighted by atomic mass is 9.98. The van der Waals surface area contributed by atoms with E-state index in [0.717, 1.165) is 6.08 Å². The van der Waals surface area contributed by atoms with E-state index in [-0.39, 0.29) is 5.57 Å². The van der Waals surface area contributed by atoms with E-state index in [1.165, 1.54) is 6.92 Å². The van der Waals surface area contributed by atoms with Crippen molar-refractivity contribution in [2.24, 2.45) is 0 Å². The summed E-state index contributed by atoms with van der Waals surface area (Å²) < 4.78 is 0. The maximum Gasteiger partial charge on any atom is 0.331 e. The van der Waals surface area contributed by atoms with Crippen LogP contribution in [-0.4, -0.2) is 45.9 Å². The highest BCUT2D eigenvalue weighted by atomic mass is 16.4. The van der Waals surface area contributed by atoms with E-state index in [1.807, 2.05) is 0 Å². The van der Waals surface area contributed by atoms with Gasteiger partial charge in [0.25, 0.3) is 0 Å². The zero-order valence-electron chi connectivity index (χ0n) is 9.36. The smallest absolute Gasteiger partial charge is 0.331 e. The van der Waals surface area contributed by atoms with Crippen LogP contribution >= 0.6 is 0 Å². The Morgan fingerprint density at radius 1 is 1.31 bits per heavy atom. The summed E-state index contributed by atoms with van der Waals surface area (Å²) in [7, 11) is 0. The highest BCUT2D eigenvalue weighted by molar-refractivity contribution is 5.97. The van der Waals surface area contributed by atoms with E-state index >= 15 is 0 Å². The number of hydrogen-bond donors (Lipinski definition) is 4. The number of carbonyl (C=O) groups excluding carboxylic acids is 1. The minimum atomic E-state index is -1.19. The number of aliphatic hydroxyl groups is 2. The number of aliphatic carboxylic acids is 1. The molecule has 0 rings (SSSR count). The monoisotopic (exact) mass is 231 g/mol. The van der Waals surface area contributed by atoms with Gasteiger partial charge in [0.15, 0.2) is 0 Å². The number of nitrogens with one attached hydrogen (secondary N) is 1. The van der Waals surface area contributed by atoms with Crippen LogP contribution in [0.3, 0.4) is 0 Å². The van der Waals surface area contributed by atoms with Gasteiger partial charge in [-0.05, 0) is 13.3 Å². The fraction of sp³-hybridized carbons (Fsp3) is 0.600. The minimum Gasteiger partial charge on any atom is -0.478 e.